The average molecular weight is 347 g/mol. The molecule has 0 saturated heterocycles. The van der Waals surface area contributed by atoms with Gasteiger partial charge < -0.3 is 4.74 Å². The number of hydrogen-bond donors (Lipinski definition) is 0. The molecule has 20 heavy (non-hydrogen) atoms. The van der Waals surface area contributed by atoms with Crippen molar-refractivity contribution in [2.45, 2.75) is 0 Å². The Morgan fingerprint density at radius 3 is 2.45 bits per heavy atom. The Bertz CT molecular complexity index is 792. The molecule has 0 unspecified atom stereocenters. The molecule has 3 rings (SSSR count). The first-order valence-electron chi connectivity index (χ1n) is 6.06. The van der Waals surface area contributed by atoms with Crippen LogP contribution in [-0.2, 0) is 0 Å². The van der Waals surface area contributed by atoms with Crippen molar-refractivity contribution in [3.05, 3.63) is 62.8 Å². The maximum Gasteiger partial charge on any atom is 0.203 e. The molecule has 0 aliphatic heterocycles. The standard InChI is InChI=1S/C16H11BrO2S/c1-19-13-7-6-12(10-4-2-3-5-11(10)13)16(18)14-8-9-15(17)20-14/h2-9H,1H3. The quantitative estimate of drug-likeness (QED) is 0.630. The van der Waals surface area contributed by atoms with Gasteiger partial charge in [-0.1, -0.05) is 24.3 Å². The van der Waals surface area contributed by atoms with E-state index in [2.05, 4.69) is 15.9 Å². The number of fused-ring (bicyclic) bond motifs is 1. The number of hydrogen-bond acceptors (Lipinski definition) is 3. The lowest BCUT2D eigenvalue weighted by atomic mass is 10.00. The van der Waals surface area contributed by atoms with Gasteiger partial charge in [0.15, 0.2) is 0 Å². The van der Waals surface area contributed by atoms with Crippen molar-refractivity contribution in [1.82, 2.24) is 0 Å². The second-order valence-electron chi connectivity index (χ2n) is 4.29. The van der Waals surface area contributed by atoms with E-state index in [1.165, 1.54) is 11.3 Å². The topological polar surface area (TPSA) is 26.3 Å². The Kier molecular flexibility index (Phi) is 3.59. The van der Waals surface area contributed by atoms with E-state index in [1.807, 2.05) is 48.5 Å². The third-order valence-corrected chi connectivity index (χ3v) is 4.77. The number of ether oxygens (including phenoxy) is 1. The maximum absolute atomic E-state index is 12.6. The Morgan fingerprint density at radius 2 is 1.80 bits per heavy atom. The van der Waals surface area contributed by atoms with Gasteiger partial charge in [-0.2, -0.15) is 0 Å². The highest BCUT2D eigenvalue weighted by atomic mass is 79.9. The molecule has 0 saturated carbocycles. The molecule has 4 heteroatoms. The van der Waals surface area contributed by atoms with E-state index in [-0.39, 0.29) is 5.78 Å². The van der Waals surface area contributed by atoms with Gasteiger partial charge in [-0.25, -0.2) is 0 Å². The molecule has 0 aliphatic carbocycles. The predicted molar refractivity (Wildman–Crippen MR) is 86.0 cm³/mol. The van der Waals surface area contributed by atoms with Crippen molar-refractivity contribution >= 4 is 43.8 Å². The predicted octanol–water partition coefficient (Wildman–Crippen LogP) is 4.90. The molecule has 3 aromatic rings. The van der Waals surface area contributed by atoms with Crippen LogP contribution in [-0.4, -0.2) is 12.9 Å². The van der Waals surface area contributed by atoms with Crippen LogP contribution in [0.2, 0.25) is 0 Å². The molecule has 2 nitrogen and oxygen atoms in total. The lowest BCUT2D eigenvalue weighted by Gasteiger charge is -2.09. The second-order valence-corrected chi connectivity index (χ2v) is 6.76. The lowest BCUT2D eigenvalue weighted by Crippen LogP contribution is -2.00. The molecule has 0 N–H and O–H groups in total. The number of benzene rings is 2. The zero-order valence-corrected chi connectivity index (χ0v) is 13.1. The summed E-state index contributed by atoms with van der Waals surface area (Å²) in [5.74, 6) is 0.823. The fourth-order valence-electron chi connectivity index (χ4n) is 2.22. The third-order valence-electron chi connectivity index (χ3n) is 3.15. The third kappa shape index (κ3) is 2.25. The van der Waals surface area contributed by atoms with Crippen LogP contribution in [0.25, 0.3) is 10.8 Å². The van der Waals surface area contributed by atoms with Gasteiger partial charge in [0, 0.05) is 10.9 Å². The minimum Gasteiger partial charge on any atom is -0.496 e. The Balaban J connectivity index is 2.20. The monoisotopic (exact) mass is 346 g/mol. The molecule has 0 bridgehead atoms. The van der Waals surface area contributed by atoms with Crippen LogP contribution in [0.5, 0.6) is 5.75 Å². The van der Waals surface area contributed by atoms with Gasteiger partial charge in [0.05, 0.1) is 15.8 Å². The molecule has 0 spiro atoms. The number of ketones is 1. The molecule has 2 aromatic carbocycles. The highest BCUT2D eigenvalue weighted by Gasteiger charge is 2.16. The molecule has 0 fully saturated rings. The van der Waals surface area contributed by atoms with E-state index in [4.69, 9.17) is 4.74 Å². The summed E-state index contributed by atoms with van der Waals surface area (Å²) in [6, 6.07) is 15.2. The number of thiophene rings is 1. The smallest absolute Gasteiger partial charge is 0.203 e. The first-order valence-corrected chi connectivity index (χ1v) is 7.67. The highest BCUT2D eigenvalue weighted by Crippen LogP contribution is 2.31. The summed E-state index contributed by atoms with van der Waals surface area (Å²) >= 11 is 4.84. The van der Waals surface area contributed by atoms with E-state index in [0.29, 0.717) is 5.56 Å². The van der Waals surface area contributed by atoms with E-state index in [1.54, 1.807) is 7.11 Å². The van der Waals surface area contributed by atoms with Gasteiger partial charge in [-0.15, -0.1) is 11.3 Å². The summed E-state index contributed by atoms with van der Waals surface area (Å²) in [5.41, 5.74) is 0.704. The summed E-state index contributed by atoms with van der Waals surface area (Å²) in [6.45, 7) is 0. The number of halogens is 1. The van der Waals surface area contributed by atoms with Crippen LogP contribution in [0.4, 0.5) is 0 Å². The number of carbonyl (C=O) groups excluding carboxylic acids is 1. The average Bonchev–Trinajstić information content (AvgIpc) is 2.92. The fraction of sp³-hybridized carbons (Fsp3) is 0.0625. The van der Waals surface area contributed by atoms with Crippen molar-refractivity contribution in [2.24, 2.45) is 0 Å². The molecule has 0 amide bonds. The van der Waals surface area contributed by atoms with E-state index < -0.39 is 0 Å². The van der Waals surface area contributed by atoms with Crippen molar-refractivity contribution in [3.8, 4) is 5.75 Å². The zero-order valence-electron chi connectivity index (χ0n) is 10.7. The van der Waals surface area contributed by atoms with Gasteiger partial charge >= 0.3 is 0 Å². The van der Waals surface area contributed by atoms with Crippen LogP contribution >= 0.6 is 27.3 Å². The van der Waals surface area contributed by atoms with E-state index in [9.17, 15) is 4.79 Å². The molecule has 0 atom stereocenters. The molecule has 1 heterocycles. The Hall–Kier alpha value is -1.65. The normalized spacial score (nSPS) is 10.7. The molecule has 0 radical (unpaired) electrons. The summed E-state index contributed by atoms with van der Waals surface area (Å²) in [5, 5.41) is 1.87. The first-order chi connectivity index (χ1) is 9.70. The van der Waals surface area contributed by atoms with Crippen molar-refractivity contribution < 1.29 is 9.53 Å². The largest absolute Gasteiger partial charge is 0.496 e. The van der Waals surface area contributed by atoms with Gasteiger partial charge in [0.25, 0.3) is 0 Å². The van der Waals surface area contributed by atoms with E-state index >= 15 is 0 Å². The van der Waals surface area contributed by atoms with Crippen LogP contribution < -0.4 is 4.74 Å². The van der Waals surface area contributed by atoms with Crippen molar-refractivity contribution in [1.29, 1.82) is 0 Å². The second kappa shape index (κ2) is 5.38. The van der Waals surface area contributed by atoms with Crippen LogP contribution in [0.15, 0.2) is 52.3 Å². The summed E-state index contributed by atoms with van der Waals surface area (Å²) < 4.78 is 6.31. The number of rotatable bonds is 3. The number of methoxy groups -OCH3 is 1. The lowest BCUT2D eigenvalue weighted by molar-refractivity contribution is 0.104. The molecular weight excluding hydrogens is 336 g/mol. The molecule has 1 aromatic heterocycles. The van der Waals surface area contributed by atoms with E-state index in [0.717, 1.165) is 25.2 Å². The van der Waals surface area contributed by atoms with Gasteiger partial charge in [-0.3, -0.25) is 4.79 Å². The summed E-state index contributed by atoms with van der Waals surface area (Å²) in [4.78, 5) is 13.4. The summed E-state index contributed by atoms with van der Waals surface area (Å²) in [7, 11) is 1.64. The van der Waals surface area contributed by atoms with Crippen molar-refractivity contribution in [3.63, 3.8) is 0 Å². The van der Waals surface area contributed by atoms with Crippen molar-refractivity contribution in [2.75, 3.05) is 7.11 Å². The minimum atomic E-state index is 0.0413. The van der Waals surface area contributed by atoms with Gasteiger partial charge in [0.1, 0.15) is 5.75 Å². The van der Waals surface area contributed by atoms with Gasteiger partial charge in [-0.05, 0) is 45.6 Å². The molecule has 100 valence electrons. The Labute approximate surface area is 129 Å². The maximum atomic E-state index is 12.6. The van der Waals surface area contributed by atoms with Crippen LogP contribution in [0.1, 0.15) is 15.2 Å². The fourth-order valence-corrected chi connectivity index (χ4v) is 3.56. The van der Waals surface area contributed by atoms with Crippen LogP contribution in [0, 0.1) is 0 Å². The Morgan fingerprint density at radius 1 is 1.05 bits per heavy atom. The minimum absolute atomic E-state index is 0.0413. The molecule has 0 aliphatic rings. The van der Waals surface area contributed by atoms with Crippen LogP contribution in [0.3, 0.4) is 0 Å². The zero-order chi connectivity index (χ0) is 14.1. The van der Waals surface area contributed by atoms with Gasteiger partial charge in [0.2, 0.25) is 5.78 Å². The highest BCUT2D eigenvalue weighted by molar-refractivity contribution is 9.11. The SMILES string of the molecule is COc1ccc(C(=O)c2ccc(Br)s2)c2ccccc12. The number of carbonyl (C=O) groups is 1. The first kappa shape index (κ1) is 13.3. The summed E-state index contributed by atoms with van der Waals surface area (Å²) in [6.07, 6.45) is 0. The molecular formula is C16H11BrO2S.